The number of ether oxygens (including phenoxy) is 1. The number of carbonyl (C=O) groups is 2. The lowest BCUT2D eigenvalue weighted by molar-refractivity contribution is -0.219. The standard InChI is InChI=1S/C21H31N5O7/c1-2-3-4-15(30)23-8-11(28)7-12-17(31)18(32)21(33-19(12)14(29)9-27)26-20-16-13(5-6-22-16)24-10-25-20/h6,10,12,14,17-19,21,27,29,31-32H,2-5,7-9H2,1H3,(H,23,30)(H,24,25,26). The molecule has 0 spiro atoms. The summed E-state index contributed by atoms with van der Waals surface area (Å²) in [5.41, 5.74) is 1.17. The largest absolute Gasteiger partial charge is 0.394 e. The zero-order valence-corrected chi connectivity index (χ0v) is 18.4. The van der Waals surface area contributed by atoms with Crippen molar-refractivity contribution in [2.45, 2.75) is 69.7 Å². The molecule has 6 unspecified atom stereocenters. The quantitative estimate of drug-likeness (QED) is 0.232. The van der Waals surface area contributed by atoms with Gasteiger partial charge >= 0.3 is 0 Å². The Morgan fingerprint density at radius 1 is 1.27 bits per heavy atom. The van der Waals surface area contributed by atoms with Crippen LogP contribution in [0.5, 0.6) is 0 Å². The lowest BCUT2D eigenvalue weighted by Crippen LogP contribution is -2.60. The normalized spacial score (nSPS) is 27.1. The number of hydrogen-bond acceptors (Lipinski definition) is 11. The van der Waals surface area contributed by atoms with Crippen LogP contribution in [0.4, 0.5) is 11.5 Å². The van der Waals surface area contributed by atoms with Gasteiger partial charge in [-0.1, -0.05) is 13.3 Å². The number of rotatable bonds is 11. The molecule has 6 atom stereocenters. The number of amides is 1. The fourth-order valence-corrected chi connectivity index (χ4v) is 3.94. The van der Waals surface area contributed by atoms with Crippen molar-refractivity contribution in [3.8, 4) is 0 Å². The number of aliphatic hydroxyl groups is 4. The lowest BCUT2D eigenvalue weighted by atomic mass is 9.82. The van der Waals surface area contributed by atoms with Crippen LogP contribution in [0.1, 0.15) is 38.3 Å². The number of aromatic nitrogens is 2. The SMILES string of the molecule is CCCCC(=O)NCC(=O)CC1C(O)C(O)C(Nc2ncnc3c2N=CC3)OC1C(O)CO. The molecule has 182 valence electrons. The van der Waals surface area contributed by atoms with E-state index in [-0.39, 0.29) is 24.7 Å². The van der Waals surface area contributed by atoms with E-state index < -0.39 is 49.0 Å². The Balaban J connectivity index is 1.68. The van der Waals surface area contributed by atoms with Gasteiger partial charge in [-0.05, 0) is 6.42 Å². The van der Waals surface area contributed by atoms with Gasteiger partial charge in [-0.3, -0.25) is 14.6 Å². The van der Waals surface area contributed by atoms with Crippen molar-refractivity contribution in [1.82, 2.24) is 15.3 Å². The highest BCUT2D eigenvalue weighted by molar-refractivity contribution is 5.86. The first-order chi connectivity index (χ1) is 15.8. The first kappa shape index (κ1) is 25.1. The van der Waals surface area contributed by atoms with E-state index in [0.717, 1.165) is 6.42 Å². The summed E-state index contributed by atoms with van der Waals surface area (Å²) >= 11 is 0. The van der Waals surface area contributed by atoms with Gasteiger partial charge in [0.2, 0.25) is 5.91 Å². The molecule has 3 rings (SSSR count). The van der Waals surface area contributed by atoms with Crippen molar-refractivity contribution in [2.75, 3.05) is 18.5 Å². The minimum Gasteiger partial charge on any atom is -0.394 e. The Labute approximate surface area is 191 Å². The molecule has 1 saturated heterocycles. The zero-order valence-electron chi connectivity index (χ0n) is 18.4. The molecule has 0 aromatic carbocycles. The summed E-state index contributed by atoms with van der Waals surface area (Å²) in [4.78, 5) is 36.6. The average molecular weight is 466 g/mol. The molecule has 1 fully saturated rings. The monoisotopic (exact) mass is 465 g/mol. The number of fused-ring (bicyclic) bond motifs is 1. The van der Waals surface area contributed by atoms with Crippen LogP contribution < -0.4 is 10.6 Å². The second-order valence-corrected chi connectivity index (χ2v) is 8.22. The van der Waals surface area contributed by atoms with E-state index in [4.69, 9.17) is 4.74 Å². The minimum atomic E-state index is -1.47. The highest BCUT2D eigenvalue weighted by Crippen LogP contribution is 2.34. The molecule has 12 heteroatoms. The molecule has 2 aliphatic heterocycles. The fourth-order valence-electron chi connectivity index (χ4n) is 3.94. The third-order valence-electron chi connectivity index (χ3n) is 5.78. The van der Waals surface area contributed by atoms with Crippen LogP contribution in [-0.4, -0.2) is 92.1 Å². The molecule has 3 heterocycles. The van der Waals surface area contributed by atoms with Crippen LogP contribution >= 0.6 is 0 Å². The molecule has 33 heavy (non-hydrogen) atoms. The Morgan fingerprint density at radius 3 is 2.79 bits per heavy atom. The predicted octanol–water partition coefficient (Wildman–Crippen LogP) is -1.17. The first-order valence-electron chi connectivity index (χ1n) is 11.1. The maximum absolute atomic E-state index is 12.4. The number of hydrogen-bond donors (Lipinski definition) is 6. The number of nitrogens with one attached hydrogen (secondary N) is 2. The molecule has 0 bridgehead atoms. The molecule has 1 aromatic heterocycles. The van der Waals surface area contributed by atoms with E-state index in [1.54, 1.807) is 6.21 Å². The Morgan fingerprint density at radius 2 is 2.06 bits per heavy atom. The second-order valence-electron chi connectivity index (χ2n) is 8.22. The maximum atomic E-state index is 12.4. The van der Waals surface area contributed by atoms with Gasteiger partial charge in [-0.15, -0.1) is 0 Å². The van der Waals surface area contributed by atoms with E-state index in [9.17, 15) is 30.0 Å². The summed E-state index contributed by atoms with van der Waals surface area (Å²) in [6.07, 6.45) is -1.56. The van der Waals surface area contributed by atoms with Gasteiger partial charge in [0.1, 0.15) is 24.2 Å². The molecule has 0 radical (unpaired) electrons. The highest BCUT2D eigenvalue weighted by Gasteiger charge is 2.47. The third-order valence-corrected chi connectivity index (χ3v) is 5.78. The third kappa shape index (κ3) is 6.09. The van der Waals surface area contributed by atoms with Crippen molar-refractivity contribution in [2.24, 2.45) is 10.9 Å². The maximum Gasteiger partial charge on any atom is 0.220 e. The molecule has 1 amide bonds. The lowest BCUT2D eigenvalue weighted by Gasteiger charge is -2.44. The van der Waals surface area contributed by atoms with E-state index >= 15 is 0 Å². The molecule has 12 nitrogen and oxygen atoms in total. The van der Waals surface area contributed by atoms with Crippen molar-refractivity contribution in [1.29, 1.82) is 0 Å². The Kier molecular flexibility index (Phi) is 8.80. The number of aliphatic imine (C=N–C) groups is 1. The summed E-state index contributed by atoms with van der Waals surface area (Å²) in [6, 6.07) is 0. The van der Waals surface area contributed by atoms with Gasteiger partial charge in [0.05, 0.1) is 31.1 Å². The summed E-state index contributed by atoms with van der Waals surface area (Å²) in [6.45, 7) is 1.04. The summed E-state index contributed by atoms with van der Waals surface area (Å²) in [7, 11) is 0. The van der Waals surface area contributed by atoms with Gasteiger partial charge < -0.3 is 35.8 Å². The second kappa shape index (κ2) is 11.6. The van der Waals surface area contributed by atoms with Gasteiger partial charge in [-0.2, -0.15) is 0 Å². The fraction of sp³-hybridized carbons (Fsp3) is 0.667. The van der Waals surface area contributed by atoms with Gasteiger partial charge in [0, 0.05) is 31.4 Å². The number of aliphatic hydroxyl groups excluding tert-OH is 4. The smallest absolute Gasteiger partial charge is 0.220 e. The summed E-state index contributed by atoms with van der Waals surface area (Å²) < 4.78 is 5.79. The van der Waals surface area contributed by atoms with Gasteiger partial charge in [-0.25, -0.2) is 9.97 Å². The van der Waals surface area contributed by atoms with Crippen LogP contribution in [0.25, 0.3) is 0 Å². The molecule has 6 N–H and O–H groups in total. The first-order valence-corrected chi connectivity index (χ1v) is 11.1. The van der Waals surface area contributed by atoms with E-state index in [2.05, 4.69) is 25.6 Å². The van der Waals surface area contributed by atoms with Crippen LogP contribution in [0.2, 0.25) is 0 Å². The van der Waals surface area contributed by atoms with Crippen LogP contribution in [-0.2, 0) is 20.7 Å². The Hall–Kier alpha value is -2.51. The molecule has 2 aliphatic rings. The Bertz CT molecular complexity index is 867. The highest BCUT2D eigenvalue weighted by atomic mass is 16.5. The predicted molar refractivity (Wildman–Crippen MR) is 117 cm³/mol. The molecular formula is C21H31N5O7. The number of anilines is 1. The molecule has 0 saturated carbocycles. The molecule has 0 aliphatic carbocycles. The van der Waals surface area contributed by atoms with Crippen molar-refractivity contribution in [3.05, 3.63) is 12.0 Å². The topological polar surface area (TPSA) is 186 Å². The number of Topliss-reactive ketones (excluding diaryl/α,β-unsaturated/α-hetero) is 1. The van der Waals surface area contributed by atoms with E-state index in [1.807, 2.05) is 6.92 Å². The van der Waals surface area contributed by atoms with Crippen LogP contribution in [0, 0.1) is 5.92 Å². The minimum absolute atomic E-state index is 0.240. The van der Waals surface area contributed by atoms with E-state index in [1.165, 1.54) is 6.33 Å². The zero-order chi connectivity index (χ0) is 24.0. The number of ketones is 1. The van der Waals surface area contributed by atoms with Crippen molar-refractivity contribution < 1.29 is 34.8 Å². The van der Waals surface area contributed by atoms with Crippen LogP contribution in [0.3, 0.4) is 0 Å². The molecule has 1 aromatic rings. The summed E-state index contributed by atoms with van der Waals surface area (Å²) in [5, 5.41) is 46.6. The van der Waals surface area contributed by atoms with Crippen molar-refractivity contribution >= 4 is 29.4 Å². The number of carbonyl (C=O) groups excluding carboxylic acids is 2. The van der Waals surface area contributed by atoms with E-state index in [0.29, 0.717) is 30.6 Å². The van der Waals surface area contributed by atoms with Crippen molar-refractivity contribution in [3.63, 3.8) is 0 Å². The summed E-state index contributed by atoms with van der Waals surface area (Å²) in [5.74, 6) is -1.37. The van der Waals surface area contributed by atoms with Crippen LogP contribution in [0.15, 0.2) is 11.3 Å². The van der Waals surface area contributed by atoms with Gasteiger partial charge in [0.25, 0.3) is 0 Å². The average Bonchev–Trinajstić information content (AvgIpc) is 3.30. The number of nitrogens with zero attached hydrogens (tertiary/aromatic N) is 3. The van der Waals surface area contributed by atoms with Gasteiger partial charge in [0.15, 0.2) is 17.8 Å². The molecular weight excluding hydrogens is 434 g/mol. The number of unbranched alkanes of at least 4 members (excludes halogenated alkanes) is 1.